The molecule has 106 valence electrons. The van der Waals surface area contributed by atoms with Crippen LogP contribution in [0.1, 0.15) is 0 Å². The Labute approximate surface area is 125 Å². The number of hydrogen-bond donors (Lipinski definition) is 2. The fourth-order valence-corrected chi connectivity index (χ4v) is 2.34. The molecular formula is C14H11ClFN5. The maximum absolute atomic E-state index is 13.3. The van der Waals surface area contributed by atoms with Gasteiger partial charge in [-0.25, -0.2) is 4.39 Å². The summed E-state index contributed by atoms with van der Waals surface area (Å²) in [7, 11) is 0. The maximum atomic E-state index is 13.3. The van der Waals surface area contributed by atoms with Crippen molar-refractivity contribution >= 4 is 23.5 Å². The van der Waals surface area contributed by atoms with Crippen LogP contribution < -0.4 is 11.5 Å². The molecule has 1 heterocycles. The average molecular weight is 304 g/mol. The van der Waals surface area contributed by atoms with E-state index in [2.05, 4.69) is 10.1 Å². The summed E-state index contributed by atoms with van der Waals surface area (Å²) < 4.78 is 14.7. The van der Waals surface area contributed by atoms with Crippen LogP contribution in [0.15, 0.2) is 42.5 Å². The Kier molecular flexibility index (Phi) is 3.23. The standard InChI is InChI=1S/C14H11ClFN5/c15-12-7-10(21-14(18)19-13(17)20-21)4-5-11(12)8-2-1-3-9(16)6-8/h1-7H,(H4,17,18,19,20). The van der Waals surface area contributed by atoms with Crippen LogP contribution in [0.4, 0.5) is 16.3 Å². The molecule has 0 unspecified atom stereocenters. The van der Waals surface area contributed by atoms with Gasteiger partial charge in [0.2, 0.25) is 11.9 Å². The third-order valence-corrected chi connectivity index (χ3v) is 3.29. The second-order valence-electron chi connectivity index (χ2n) is 4.41. The van der Waals surface area contributed by atoms with Crippen molar-refractivity contribution in [3.05, 3.63) is 53.3 Å². The van der Waals surface area contributed by atoms with Crippen LogP contribution in [0.3, 0.4) is 0 Å². The fourth-order valence-electron chi connectivity index (χ4n) is 2.06. The highest BCUT2D eigenvalue weighted by atomic mass is 35.5. The first-order chi connectivity index (χ1) is 10.0. The molecule has 0 aliphatic carbocycles. The smallest absolute Gasteiger partial charge is 0.241 e. The monoisotopic (exact) mass is 303 g/mol. The summed E-state index contributed by atoms with van der Waals surface area (Å²) >= 11 is 6.27. The zero-order valence-electron chi connectivity index (χ0n) is 10.8. The molecule has 3 rings (SSSR count). The van der Waals surface area contributed by atoms with Gasteiger partial charge in [0.25, 0.3) is 0 Å². The lowest BCUT2D eigenvalue weighted by molar-refractivity contribution is 0.628. The minimum Gasteiger partial charge on any atom is -0.368 e. The molecule has 0 aliphatic heterocycles. The predicted molar refractivity (Wildman–Crippen MR) is 80.6 cm³/mol. The predicted octanol–water partition coefficient (Wildman–Crippen LogP) is 2.89. The molecule has 0 radical (unpaired) electrons. The molecule has 5 nitrogen and oxygen atoms in total. The third-order valence-electron chi connectivity index (χ3n) is 2.98. The van der Waals surface area contributed by atoms with Crippen LogP contribution >= 0.6 is 11.6 Å². The summed E-state index contributed by atoms with van der Waals surface area (Å²) in [6.45, 7) is 0. The van der Waals surface area contributed by atoms with Gasteiger partial charge < -0.3 is 11.5 Å². The minimum atomic E-state index is -0.319. The highest BCUT2D eigenvalue weighted by molar-refractivity contribution is 6.33. The Bertz CT molecular complexity index is 815. The van der Waals surface area contributed by atoms with E-state index in [0.717, 1.165) is 0 Å². The lowest BCUT2D eigenvalue weighted by Crippen LogP contribution is -2.02. The number of anilines is 2. The van der Waals surface area contributed by atoms with Crippen molar-refractivity contribution in [1.82, 2.24) is 14.8 Å². The van der Waals surface area contributed by atoms with E-state index in [0.29, 0.717) is 21.8 Å². The van der Waals surface area contributed by atoms with E-state index in [-0.39, 0.29) is 17.7 Å². The van der Waals surface area contributed by atoms with E-state index in [4.69, 9.17) is 23.1 Å². The van der Waals surface area contributed by atoms with E-state index in [9.17, 15) is 4.39 Å². The van der Waals surface area contributed by atoms with E-state index in [1.807, 2.05) is 0 Å². The van der Waals surface area contributed by atoms with Gasteiger partial charge in [-0.1, -0.05) is 29.8 Å². The highest BCUT2D eigenvalue weighted by Crippen LogP contribution is 2.30. The lowest BCUT2D eigenvalue weighted by Gasteiger charge is -2.08. The quantitative estimate of drug-likeness (QED) is 0.762. The van der Waals surface area contributed by atoms with Crippen LogP contribution in [0.5, 0.6) is 0 Å². The maximum Gasteiger partial charge on any atom is 0.241 e. The summed E-state index contributed by atoms with van der Waals surface area (Å²) in [5.74, 6) is -0.0687. The lowest BCUT2D eigenvalue weighted by atomic mass is 10.1. The number of hydrogen-bond acceptors (Lipinski definition) is 4. The van der Waals surface area contributed by atoms with E-state index in [1.165, 1.54) is 16.8 Å². The summed E-state index contributed by atoms with van der Waals surface area (Å²) in [6.07, 6.45) is 0. The van der Waals surface area contributed by atoms with Gasteiger partial charge in [-0.15, -0.1) is 5.10 Å². The Morgan fingerprint density at radius 2 is 1.90 bits per heavy atom. The van der Waals surface area contributed by atoms with Gasteiger partial charge in [-0.3, -0.25) is 0 Å². The first-order valence-corrected chi connectivity index (χ1v) is 6.46. The first kappa shape index (κ1) is 13.4. The van der Waals surface area contributed by atoms with Crippen LogP contribution in [0.25, 0.3) is 16.8 Å². The molecular weight excluding hydrogens is 293 g/mol. The first-order valence-electron chi connectivity index (χ1n) is 6.08. The van der Waals surface area contributed by atoms with Crippen LogP contribution in [0.2, 0.25) is 5.02 Å². The molecule has 7 heteroatoms. The topological polar surface area (TPSA) is 82.7 Å². The Balaban J connectivity index is 2.06. The molecule has 0 atom stereocenters. The number of rotatable bonds is 2. The van der Waals surface area contributed by atoms with Crippen LogP contribution in [0, 0.1) is 5.82 Å². The summed E-state index contributed by atoms with van der Waals surface area (Å²) in [5, 5.41) is 4.43. The van der Waals surface area contributed by atoms with E-state index < -0.39 is 0 Å². The van der Waals surface area contributed by atoms with Crippen molar-refractivity contribution in [2.24, 2.45) is 0 Å². The fraction of sp³-hybridized carbons (Fsp3) is 0. The van der Waals surface area contributed by atoms with Crippen molar-refractivity contribution in [2.75, 3.05) is 11.5 Å². The number of nitrogen functional groups attached to an aromatic ring is 2. The molecule has 0 saturated carbocycles. The van der Waals surface area contributed by atoms with E-state index >= 15 is 0 Å². The number of nitrogens with two attached hydrogens (primary N) is 2. The van der Waals surface area contributed by atoms with Crippen LogP contribution in [-0.2, 0) is 0 Å². The Hall–Kier alpha value is -2.60. The van der Waals surface area contributed by atoms with Crippen LogP contribution in [-0.4, -0.2) is 14.8 Å². The SMILES string of the molecule is Nc1nc(N)n(-c2ccc(-c3cccc(F)c3)c(Cl)c2)n1. The van der Waals surface area contributed by atoms with Crippen molar-refractivity contribution in [3.8, 4) is 16.8 Å². The number of benzene rings is 2. The molecule has 0 bridgehead atoms. The molecule has 1 aromatic heterocycles. The average Bonchev–Trinajstić information content (AvgIpc) is 2.77. The molecule has 0 spiro atoms. The summed E-state index contributed by atoms with van der Waals surface area (Å²) in [4.78, 5) is 3.82. The van der Waals surface area contributed by atoms with E-state index in [1.54, 1.807) is 30.3 Å². The normalized spacial score (nSPS) is 10.8. The molecule has 3 aromatic rings. The van der Waals surface area contributed by atoms with Crippen molar-refractivity contribution in [2.45, 2.75) is 0 Å². The Morgan fingerprint density at radius 3 is 2.52 bits per heavy atom. The molecule has 4 N–H and O–H groups in total. The van der Waals surface area contributed by atoms with Crippen molar-refractivity contribution in [1.29, 1.82) is 0 Å². The van der Waals surface area contributed by atoms with Gasteiger partial charge in [0.1, 0.15) is 5.82 Å². The molecule has 21 heavy (non-hydrogen) atoms. The number of aromatic nitrogens is 3. The van der Waals surface area contributed by atoms with Gasteiger partial charge in [0, 0.05) is 5.56 Å². The number of nitrogens with zero attached hydrogens (tertiary/aromatic N) is 3. The van der Waals surface area contributed by atoms with Gasteiger partial charge >= 0.3 is 0 Å². The zero-order chi connectivity index (χ0) is 15.0. The molecule has 2 aromatic carbocycles. The molecule has 0 amide bonds. The molecule has 0 aliphatic rings. The van der Waals surface area contributed by atoms with Crippen molar-refractivity contribution in [3.63, 3.8) is 0 Å². The number of halogens is 2. The van der Waals surface area contributed by atoms with Gasteiger partial charge in [0.05, 0.1) is 10.7 Å². The largest absolute Gasteiger partial charge is 0.368 e. The second kappa shape index (κ2) is 5.06. The highest BCUT2D eigenvalue weighted by Gasteiger charge is 2.10. The van der Waals surface area contributed by atoms with Gasteiger partial charge in [-0.2, -0.15) is 9.67 Å². The van der Waals surface area contributed by atoms with Gasteiger partial charge in [0.15, 0.2) is 0 Å². The van der Waals surface area contributed by atoms with Gasteiger partial charge in [-0.05, 0) is 29.8 Å². The zero-order valence-corrected chi connectivity index (χ0v) is 11.5. The summed E-state index contributed by atoms with van der Waals surface area (Å²) in [6, 6.07) is 11.4. The Morgan fingerprint density at radius 1 is 1.10 bits per heavy atom. The molecule has 0 saturated heterocycles. The summed E-state index contributed by atoms with van der Waals surface area (Å²) in [5.41, 5.74) is 13.2. The second-order valence-corrected chi connectivity index (χ2v) is 4.82. The minimum absolute atomic E-state index is 0.0813. The molecule has 0 fully saturated rings. The third kappa shape index (κ3) is 2.53. The van der Waals surface area contributed by atoms with Crippen molar-refractivity contribution < 1.29 is 4.39 Å².